The molecule has 2 aliphatic rings. The van der Waals surface area contributed by atoms with Gasteiger partial charge < -0.3 is 4.90 Å². The molecule has 0 amide bonds. The monoisotopic (exact) mass is 639 g/mol. The maximum absolute atomic E-state index is 2.45. The fourth-order valence-electron chi connectivity index (χ4n) is 8.89. The smallest absolute Gasteiger partial charge is 0.0462 e. The van der Waals surface area contributed by atoms with Gasteiger partial charge in [0, 0.05) is 22.5 Å². The second-order valence-electron chi connectivity index (χ2n) is 14.6. The molecule has 246 valence electrons. The molecule has 49 heavy (non-hydrogen) atoms. The van der Waals surface area contributed by atoms with E-state index in [0.29, 0.717) is 5.92 Å². The number of benzene rings is 6. The summed E-state index contributed by atoms with van der Waals surface area (Å²) in [6.45, 7) is 0. The van der Waals surface area contributed by atoms with Gasteiger partial charge >= 0.3 is 0 Å². The highest BCUT2D eigenvalue weighted by molar-refractivity contribution is 5.88. The molecule has 0 atom stereocenters. The van der Waals surface area contributed by atoms with Gasteiger partial charge in [-0.25, -0.2) is 0 Å². The SMILES string of the molecule is c1ccc(C2(c3ccc(N(c4ccc(-c5ccc6ccccc6c5)cc4)c4ccc(C5CCCCC5)cc4)cc3)CCCCCCC2)cc1. The zero-order valence-electron chi connectivity index (χ0n) is 28.9. The maximum atomic E-state index is 2.45. The third-order valence-corrected chi connectivity index (χ3v) is 11.6. The standard InChI is InChI=1S/C48H49N/c1-2-12-34-48(35-13-3-1,43-18-8-5-9-19-43)44-26-32-47(33-27-44)49(45-28-22-39(23-29-45)37-14-6-4-7-15-37)46-30-24-40(25-31-46)42-21-20-38-16-10-11-17-41(38)36-42/h5,8-11,16-33,36-37H,1-4,6-7,12-15,34-35H2. The van der Waals surface area contributed by atoms with Gasteiger partial charge in [0.15, 0.2) is 0 Å². The molecule has 0 saturated heterocycles. The lowest BCUT2D eigenvalue weighted by molar-refractivity contribution is 0.366. The Balaban J connectivity index is 1.16. The topological polar surface area (TPSA) is 3.24 Å². The molecule has 1 nitrogen and oxygen atoms in total. The highest BCUT2D eigenvalue weighted by atomic mass is 15.1. The minimum Gasteiger partial charge on any atom is -0.311 e. The summed E-state index contributed by atoms with van der Waals surface area (Å²) >= 11 is 0. The summed E-state index contributed by atoms with van der Waals surface area (Å²) < 4.78 is 0. The van der Waals surface area contributed by atoms with Crippen LogP contribution in [0.1, 0.15) is 99.7 Å². The number of hydrogen-bond donors (Lipinski definition) is 0. The fourth-order valence-corrected chi connectivity index (χ4v) is 8.89. The summed E-state index contributed by atoms with van der Waals surface area (Å²) in [6, 6.07) is 55.1. The summed E-state index contributed by atoms with van der Waals surface area (Å²) in [5.41, 5.74) is 10.6. The van der Waals surface area contributed by atoms with Gasteiger partial charge in [-0.2, -0.15) is 0 Å². The summed E-state index contributed by atoms with van der Waals surface area (Å²) in [4.78, 5) is 2.45. The molecule has 0 aliphatic heterocycles. The Morgan fingerprint density at radius 1 is 0.408 bits per heavy atom. The molecule has 6 aromatic carbocycles. The molecule has 1 heteroatoms. The van der Waals surface area contributed by atoms with Gasteiger partial charge in [-0.15, -0.1) is 0 Å². The zero-order chi connectivity index (χ0) is 32.9. The van der Waals surface area contributed by atoms with Crippen molar-refractivity contribution in [1.29, 1.82) is 0 Å². The lowest BCUT2D eigenvalue weighted by Crippen LogP contribution is -2.29. The Hall–Kier alpha value is -4.62. The van der Waals surface area contributed by atoms with Gasteiger partial charge in [-0.3, -0.25) is 0 Å². The van der Waals surface area contributed by atoms with Crippen molar-refractivity contribution in [1.82, 2.24) is 0 Å². The number of hydrogen-bond acceptors (Lipinski definition) is 1. The predicted octanol–water partition coefficient (Wildman–Crippen LogP) is 14.1. The highest BCUT2D eigenvalue weighted by Gasteiger charge is 2.34. The average Bonchev–Trinajstić information content (AvgIpc) is 3.17. The molecule has 6 aromatic rings. The highest BCUT2D eigenvalue weighted by Crippen LogP contribution is 2.45. The largest absolute Gasteiger partial charge is 0.311 e. The number of nitrogens with zero attached hydrogens (tertiary/aromatic N) is 1. The van der Waals surface area contributed by atoms with Crippen LogP contribution in [0.4, 0.5) is 17.1 Å². The first kappa shape index (κ1) is 31.6. The minimum atomic E-state index is 0.0776. The molecule has 8 rings (SSSR count). The third-order valence-electron chi connectivity index (χ3n) is 11.6. The maximum Gasteiger partial charge on any atom is 0.0462 e. The van der Waals surface area contributed by atoms with Crippen LogP contribution in [0, 0.1) is 0 Å². The van der Waals surface area contributed by atoms with Crippen molar-refractivity contribution in [3.8, 4) is 11.1 Å². The van der Waals surface area contributed by atoms with Gasteiger partial charge in [0.1, 0.15) is 0 Å². The van der Waals surface area contributed by atoms with Crippen LogP contribution in [0.2, 0.25) is 0 Å². The van der Waals surface area contributed by atoms with Crippen molar-refractivity contribution in [2.75, 3.05) is 4.90 Å². The fraction of sp³-hybridized carbons (Fsp3) is 0.292. The Bertz CT molecular complexity index is 1940. The minimum absolute atomic E-state index is 0.0776. The van der Waals surface area contributed by atoms with E-state index >= 15 is 0 Å². The second kappa shape index (κ2) is 14.5. The summed E-state index contributed by atoms with van der Waals surface area (Å²) in [6.07, 6.45) is 15.8. The van der Waals surface area contributed by atoms with Crippen LogP contribution in [0.25, 0.3) is 21.9 Å². The van der Waals surface area contributed by atoms with Crippen LogP contribution in [0.5, 0.6) is 0 Å². The molecular weight excluding hydrogens is 591 g/mol. The molecule has 0 spiro atoms. The van der Waals surface area contributed by atoms with Gasteiger partial charge in [-0.05, 0) is 113 Å². The van der Waals surface area contributed by atoms with E-state index in [1.165, 1.54) is 133 Å². The van der Waals surface area contributed by atoms with E-state index in [2.05, 4.69) is 150 Å². The molecule has 0 N–H and O–H groups in total. The van der Waals surface area contributed by atoms with Crippen molar-refractivity contribution < 1.29 is 0 Å². The molecular formula is C48H49N. The first-order chi connectivity index (χ1) is 24.3. The molecule has 0 unspecified atom stereocenters. The van der Waals surface area contributed by atoms with Crippen LogP contribution in [0.3, 0.4) is 0 Å². The summed E-state index contributed by atoms with van der Waals surface area (Å²) in [5, 5.41) is 2.56. The van der Waals surface area contributed by atoms with E-state index < -0.39 is 0 Å². The second-order valence-corrected chi connectivity index (χ2v) is 14.6. The number of fused-ring (bicyclic) bond motifs is 1. The van der Waals surface area contributed by atoms with Crippen LogP contribution < -0.4 is 4.90 Å². The Kier molecular flexibility index (Phi) is 9.34. The van der Waals surface area contributed by atoms with Crippen molar-refractivity contribution in [3.05, 3.63) is 162 Å². The molecule has 2 aliphatic carbocycles. The average molecular weight is 640 g/mol. The van der Waals surface area contributed by atoms with E-state index in [4.69, 9.17) is 0 Å². The zero-order valence-corrected chi connectivity index (χ0v) is 28.9. The molecule has 2 fully saturated rings. The van der Waals surface area contributed by atoms with Gasteiger partial charge in [0.25, 0.3) is 0 Å². The van der Waals surface area contributed by atoms with Crippen LogP contribution in [-0.2, 0) is 5.41 Å². The van der Waals surface area contributed by atoms with E-state index in [1.54, 1.807) is 0 Å². The van der Waals surface area contributed by atoms with Gasteiger partial charge in [-0.1, -0.05) is 154 Å². The predicted molar refractivity (Wildman–Crippen MR) is 209 cm³/mol. The van der Waals surface area contributed by atoms with Gasteiger partial charge in [0.2, 0.25) is 0 Å². The Labute approximate surface area is 293 Å². The molecule has 0 aromatic heterocycles. The van der Waals surface area contributed by atoms with E-state index in [0.717, 1.165) is 0 Å². The van der Waals surface area contributed by atoms with Crippen LogP contribution >= 0.6 is 0 Å². The summed E-state index contributed by atoms with van der Waals surface area (Å²) in [5.74, 6) is 0.703. The van der Waals surface area contributed by atoms with Gasteiger partial charge in [0.05, 0.1) is 0 Å². The first-order valence-corrected chi connectivity index (χ1v) is 18.9. The van der Waals surface area contributed by atoms with Crippen LogP contribution in [-0.4, -0.2) is 0 Å². The van der Waals surface area contributed by atoms with Crippen molar-refractivity contribution >= 4 is 27.8 Å². The Morgan fingerprint density at radius 3 is 1.59 bits per heavy atom. The van der Waals surface area contributed by atoms with Crippen molar-refractivity contribution in [2.45, 2.75) is 88.4 Å². The molecule has 0 radical (unpaired) electrons. The molecule has 0 bridgehead atoms. The number of rotatable bonds is 7. The molecule has 0 heterocycles. The lowest BCUT2D eigenvalue weighted by atomic mass is 9.67. The lowest BCUT2D eigenvalue weighted by Gasteiger charge is -2.37. The van der Waals surface area contributed by atoms with Crippen molar-refractivity contribution in [2.24, 2.45) is 0 Å². The third kappa shape index (κ3) is 6.69. The van der Waals surface area contributed by atoms with Crippen LogP contribution in [0.15, 0.2) is 146 Å². The van der Waals surface area contributed by atoms with E-state index in [1.807, 2.05) is 0 Å². The normalized spacial score (nSPS) is 16.9. The van der Waals surface area contributed by atoms with E-state index in [9.17, 15) is 0 Å². The molecule has 2 saturated carbocycles. The first-order valence-electron chi connectivity index (χ1n) is 18.9. The quantitative estimate of drug-likeness (QED) is 0.168. The number of anilines is 3. The Morgan fingerprint density at radius 2 is 0.918 bits per heavy atom. The van der Waals surface area contributed by atoms with E-state index in [-0.39, 0.29) is 5.41 Å². The summed E-state index contributed by atoms with van der Waals surface area (Å²) in [7, 11) is 0. The van der Waals surface area contributed by atoms with Crippen molar-refractivity contribution in [3.63, 3.8) is 0 Å².